The van der Waals surface area contributed by atoms with E-state index in [9.17, 15) is 15.4 Å². The summed E-state index contributed by atoms with van der Waals surface area (Å²) in [4.78, 5) is 13.1. The predicted octanol–water partition coefficient (Wildman–Crippen LogP) is 5.91. The van der Waals surface area contributed by atoms with Gasteiger partial charge in [-0.1, -0.05) is 23.9 Å². The van der Waals surface area contributed by atoms with E-state index in [-0.39, 0.29) is 12.0 Å². The van der Waals surface area contributed by atoms with Crippen molar-refractivity contribution in [1.82, 2.24) is 0 Å². The number of nitriles is 1. The molecule has 0 aliphatic carbocycles. The molecule has 4 rings (SSSR count). The Kier molecular flexibility index (Phi) is 8.13. The Bertz CT molecular complexity index is 1050. The maximum atomic E-state index is 11.6. The predicted molar refractivity (Wildman–Crippen MR) is 125 cm³/mol. The van der Waals surface area contributed by atoms with Crippen molar-refractivity contribution in [3.05, 3.63) is 69.3 Å². The molecule has 0 N–H and O–H groups in total. The molecule has 33 heavy (non-hydrogen) atoms. The molecule has 0 amide bonds. The summed E-state index contributed by atoms with van der Waals surface area (Å²) in [5.41, 5.74) is 1.95. The van der Waals surface area contributed by atoms with E-state index in [0.29, 0.717) is 49.9 Å². The highest BCUT2D eigenvalue weighted by Crippen LogP contribution is 2.35. The van der Waals surface area contributed by atoms with Crippen LogP contribution in [0.4, 0.5) is 5.69 Å². The van der Waals surface area contributed by atoms with Crippen LogP contribution in [-0.4, -0.2) is 31.4 Å². The van der Waals surface area contributed by atoms with Gasteiger partial charge in [-0.05, 0) is 61.9 Å². The molecule has 2 aromatic rings. The van der Waals surface area contributed by atoms with Gasteiger partial charge in [-0.25, -0.2) is 0 Å². The van der Waals surface area contributed by atoms with Gasteiger partial charge < -0.3 is 14.2 Å². The molecule has 0 radical (unpaired) electrons. The average molecular weight is 467 g/mol. The Balaban J connectivity index is 1.56. The fourth-order valence-electron chi connectivity index (χ4n) is 4.01. The van der Waals surface area contributed by atoms with Crippen LogP contribution in [0.1, 0.15) is 43.1 Å². The number of hydrogen-bond donors (Lipinski definition) is 0. The minimum atomic E-state index is -0.401. The second-order valence-corrected chi connectivity index (χ2v) is 9.27. The van der Waals surface area contributed by atoms with E-state index in [1.807, 2.05) is 24.3 Å². The largest absolute Gasteiger partial charge is 0.381 e. The SMILES string of the molecule is N#CC(=Cc1cc(Sc2cccc(C3OCCCO3)c2)ccc1[N+](=O)[O-])CC1CCOCC1. The summed E-state index contributed by atoms with van der Waals surface area (Å²) in [6.45, 7) is 2.75. The van der Waals surface area contributed by atoms with Crippen molar-refractivity contribution in [3.63, 3.8) is 0 Å². The number of nitro groups is 1. The van der Waals surface area contributed by atoms with Crippen LogP contribution in [0.15, 0.2) is 57.8 Å². The third kappa shape index (κ3) is 6.42. The molecule has 7 nitrogen and oxygen atoms in total. The van der Waals surface area contributed by atoms with E-state index in [0.717, 1.165) is 34.6 Å². The van der Waals surface area contributed by atoms with Crippen LogP contribution in [0.3, 0.4) is 0 Å². The van der Waals surface area contributed by atoms with Gasteiger partial charge in [0.15, 0.2) is 6.29 Å². The monoisotopic (exact) mass is 466 g/mol. The molecule has 2 saturated heterocycles. The molecule has 2 heterocycles. The highest BCUT2D eigenvalue weighted by atomic mass is 32.2. The Labute approximate surface area is 197 Å². The molecule has 0 atom stereocenters. The van der Waals surface area contributed by atoms with Crippen molar-refractivity contribution < 1.29 is 19.1 Å². The molecule has 0 aromatic heterocycles. The van der Waals surface area contributed by atoms with E-state index < -0.39 is 4.92 Å². The average Bonchev–Trinajstić information content (AvgIpc) is 2.85. The van der Waals surface area contributed by atoms with Gasteiger partial charge in [0.1, 0.15) is 0 Å². The lowest BCUT2D eigenvalue weighted by molar-refractivity contribution is -0.385. The first-order valence-corrected chi connectivity index (χ1v) is 11.9. The summed E-state index contributed by atoms with van der Waals surface area (Å²) < 4.78 is 16.8. The first kappa shape index (κ1) is 23.5. The van der Waals surface area contributed by atoms with Crippen molar-refractivity contribution in [2.75, 3.05) is 26.4 Å². The minimum absolute atomic E-state index is 0.00293. The molecule has 0 unspecified atom stereocenters. The zero-order valence-electron chi connectivity index (χ0n) is 18.3. The van der Waals surface area contributed by atoms with Gasteiger partial charge in [0.25, 0.3) is 5.69 Å². The van der Waals surface area contributed by atoms with Crippen molar-refractivity contribution >= 4 is 23.5 Å². The van der Waals surface area contributed by atoms with Gasteiger partial charge in [-0.15, -0.1) is 0 Å². The van der Waals surface area contributed by atoms with E-state index in [4.69, 9.17) is 14.2 Å². The van der Waals surface area contributed by atoms with Gasteiger partial charge in [-0.2, -0.15) is 5.26 Å². The van der Waals surface area contributed by atoms with Crippen molar-refractivity contribution in [2.24, 2.45) is 5.92 Å². The molecule has 2 aliphatic rings. The van der Waals surface area contributed by atoms with Crippen LogP contribution in [0.25, 0.3) is 6.08 Å². The Morgan fingerprint density at radius 2 is 1.88 bits per heavy atom. The van der Waals surface area contributed by atoms with Crippen LogP contribution in [-0.2, 0) is 14.2 Å². The molecular formula is C25H26N2O5S. The summed E-state index contributed by atoms with van der Waals surface area (Å²) in [5.74, 6) is 0.369. The third-order valence-electron chi connectivity index (χ3n) is 5.71. The van der Waals surface area contributed by atoms with Crippen molar-refractivity contribution in [3.8, 4) is 6.07 Å². The quantitative estimate of drug-likeness (QED) is 0.285. The zero-order chi connectivity index (χ0) is 23.0. The molecule has 172 valence electrons. The van der Waals surface area contributed by atoms with Gasteiger partial charge in [-0.3, -0.25) is 10.1 Å². The second-order valence-electron chi connectivity index (χ2n) is 8.12. The topological polar surface area (TPSA) is 94.6 Å². The zero-order valence-corrected chi connectivity index (χ0v) is 19.1. The van der Waals surface area contributed by atoms with Crippen LogP contribution in [0, 0.1) is 27.4 Å². The van der Waals surface area contributed by atoms with Gasteiger partial charge in [0.05, 0.1) is 29.8 Å². The van der Waals surface area contributed by atoms with Crippen LogP contribution in [0.5, 0.6) is 0 Å². The second kappa shape index (κ2) is 11.4. The van der Waals surface area contributed by atoms with E-state index in [1.165, 1.54) is 17.8 Å². The Morgan fingerprint density at radius 1 is 1.12 bits per heavy atom. The number of nitro benzene ring substituents is 1. The van der Waals surface area contributed by atoms with Crippen LogP contribution < -0.4 is 0 Å². The number of rotatable bonds is 7. The fraction of sp³-hybridized carbons (Fsp3) is 0.400. The molecule has 8 heteroatoms. The summed E-state index contributed by atoms with van der Waals surface area (Å²) in [5, 5.41) is 21.3. The normalized spacial score (nSPS) is 18.1. The van der Waals surface area contributed by atoms with Gasteiger partial charge in [0.2, 0.25) is 0 Å². The molecule has 2 aliphatic heterocycles. The van der Waals surface area contributed by atoms with E-state index in [1.54, 1.807) is 18.2 Å². The van der Waals surface area contributed by atoms with Crippen molar-refractivity contribution in [2.45, 2.75) is 41.8 Å². The number of allylic oxidation sites excluding steroid dienone is 1. The first-order chi connectivity index (χ1) is 16.1. The maximum Gasteiger partial charge on any atom is 0.276 e. The number of ether oxygens (including phenoxy) is 3. The molecule has 2 aromatic carbocycles. The summed E-state index contributed by atoms with van der Waals surface area (Å²) in [6, 6.07) is 15.2. The van der Waals surface area contributed by atoms with Crippen LogP contribution in [0.2, 0.25) is 0 Å². The first-order valence-electron chi connectivity index (χ1n) is 11.1. The van der Waals surface area contributed by atoms with Crippen molar-refractivity contribution in [1.29, 1.82) is 5.26 Å². The van der Waals surface area contributed by atoms with Gasteiger partial charge in [0, 0.05) is 40.2 Å². The summed E-state index contributed by atoms with van der Waals surface area (Å²) in [6.07, 6.45) is 4.61. The summed E-state index contributed by atoms with van der Waals surface area (Å²) >= 11 is 1.51. The maximum absolute atomic E-state index is 11.6. The number of nitrogens with zero attached hydrogens (tertiary/aromatic N) is 2. The number of hydrogen-bond acceptors (Lipinski definition) is 7. The smallest absolute Gasteiger partial charge is 0.276 e. The minimum Gasteiger partial charge on any atom is -0.381 e. The highest BCUT2D eigenvalue weighted by Gasteiger charge is 2.19. The van der Waals surface area contributed by atoms with Gasteiger partial charge >= 0.3 is 0 Å². The van der Waals surface area contributed by atoms with E-state index in [2.05, 4.69) is 6.07 Å². The molecule has 0 bridgehead atoms. The third-order valence-corrected chi connectivity index (χ3v) is 6.69. The highest BCUT2D eigenvalue weighted by molar-refractivity contribution is 7.99. The molecule has 0 saturated carbocycles. The lowest BCUT2D eigenvalue weighted by atomic mass is 9.92. The Hall–Kier alpha value is -2.70. The lowest BCUT2D eigenvalue weighted by Crippen LogP contribution is -2.17. The molecule has 0 spiro atoms. The standard InChI is InChI=1S/C25H26N2O5S/c26-17-19(13-18-7-11-30-12-8-18)14-21-16-23(5-6-24(21)27(28)29)33-22-4-1-3-20(15-22)25-31-9-2-10-32-25/h1,3-6,14-16,18,25H,2,7-13H2. The summed E-state index contributed by atoms with van der Waals surface area (Å²) in [7, 11) is 0. The number of benzene rings is 2. The molecular weight excluding hydrogens is 440 g/mol. The van der Waals surface area contributed by atoms with Crippen LogP contribution >= 0.6 is 11.8 Å². The fourth-order valence-corrected chi connectivity index (χ4v) is 4.94. The molecule has 2 fully saturated rings. The van der Waals surface area contributed by atoms with E-state index >= 15 is 0 Å². The lowest BCUT2D eigenvalue weighted by Gasteiger charge is -2.23. The Morgan fingerprint density at radius 3 is 2.61 bits per heavy atom.